The molecule has 0 bridgehead atoms. The molecular weight excluding hydrogens is 220 g/mol. The lowest BCUT2D eigenvalue weighted by atomic mass is 10.4. The van der Waals surface area contributed by atoms with Gasteiger partial charge in [-0.05, 0) is 0 Å². The number of nitrogens with zero attached hydrogens (tertiary/aromatic N) is 2. The average Bonchev–Trinajstić information content (AvgIpc) is 2.62. The smallest absolute Gasteiger partial charge is 0.294 e. The molecule has 0 unspecified atom stereocenters. The van der Waals surface area contributed by atoms with E-state index in [0.29, 0.717) is 12.2 Å². The lowest BCUT2D eigenvalue weighted by Crippen LogP contribution is -2.16. The number of oxime groups is 1. The minimum absolute atomic E-state index is 0.193. The number of hydrogen-bond donors (Lipinski definition) is 1. The maximum atomic E-state index is 10.8. The van der Waals surface area contributed by atoms with Gasteiger partial charge in [0.05, 0.1) is 0 Å². The molecule has 2 N–H and O–H groups in total. The Labute approximate surface area is 88.9 Å². The summed E-state index contributed by atoms with van der Waals surface area (Å²) in [6.07, 6.45) is 0.467. The minimum atomic E-state index is -0.996. The highest BCUT2D eigenvalue weighted by molar-refractivity contribution is 7.13. The van der Waals surface area contributed by atoms with E-state index in [9.17, 15) is 9.59 Å². The summed E-state index contributed by atoms with van der Waals surface area (Å²) in [5.74, 6) is -0.695. The molecule has 0 aliphatic heterocycles. The van der Waals surface area contributed by atoms with Crippen molar-refractivity contribution in [3.63, 3.8) is 0 Å². The predicted octanol–water partition coefficient (Wildman–Crippen LogP) is -0.129. The average molecular weight is 227 g/mol. The van der Waals surface area contributed by atoms with Crippen LogP contribution in [-0.4, -0.2) is 30.1 Å². The number of nitrogens with one attached hydrogen (secondary N) is 2. The Morgan fingerprint density at radius 1 is 1.80 bits per heavy atom. The van der Waals surface area contributed by atoms with Gasteiger partial charge in [0.15, 0.2) is 5.01 Å². The number of rotatable bonds is 5. The van der Waals surface area contributed by atoms with Gasteiger partial charge in [0.2, 0.25) is 12.1 Å². The van der Waals surface area contributed by atoms with Gasteiger partial charge in [-0.25, -0.2) is 4.98 Å². The van der Waals surface area contributed by atoms with Crippen LogP contribution in [-0.2, 0) is 14.4 Å². The third-order valence-corrected chi connectivity index (χ3v) is 2.16. The molecule has 0 spiro atoms. The van der Waals surface area contributed by atoms with E-state index in [4.69, 9.17) is 5.73 Å². The second-order valence-corrected chi connectivity index (χ2v) is 3.11. The third kappa shape index (κ3) is 2.74. The van der Waals surface area contributed by atoms with E-state index >= 15 is 0 Å². The topological polar surface area (TPSA) is 104 Å². The predicted molar refractivity (Wildman–Crippen MR) is 53.5 cm³/mol. The molecule has 0 saturated carbocycles. The van der Waals surface area contributed by atoms with E-state index in [1.54, 1.807) is 0 Å². The molecule has 0 fully saturated rings. The van der Waals surface area contributed by atoms with Gasteiger partial charge in [0.1, 0.15) is 12.9 Å². The summed E-state index contributed by atoms with van der Waals surface area (Å²) >= 11 is 1.08. The molecule has 0 saturated heterocycles. The van der Waals surface area contributed by atoms with Crippen molar-refractivity contribution >= 4 is 35.2 Å². The molecule has 1 aromatic heterocycles. The normalized spacial score (nSPS) is 10.9. The molecular formula is C7H7N4O3S. The molecule has 2 amide bonds. The van der Waals surface area contributed by atoms with Crippen LogP contribution < -0.4 is 11.1 Å². The van der Waals surface area contributed by atoms with Crippen molar-refractivity contribution < 1.29 is 14.4 Å². The number of carbonyl (C=O) groups excluding carboxylic acids is 2. The van der Waals surface area contributed by atoms with E-state index < -0.39 is 5.91 Å². The van der Waals surface area contributed by atoms with E-state index in [-0.39, 0.29) is 10.7 Å². The lowest BCUT2D eigenvalue weighted by Gasteiger charge is -1.94. The van der Waals surface area contributed by atoms with Crippen LogP contribution in [0.2, 0.25) is 0 Å². The highest BCUT2D eigenvalue weighted by atomic mass is 32.1. The SMILES string of the molecule is CO/N=C(\C([NH])=O)c1nc(NC=O)cs1. The molecule has 15 heavy (non-hydrogen) atoms. The molecule has 0 atom stereocenters. The fraction of sp³-hybridized carbons (Fsp3) is 0.143. The summed E-state index contributed by atoms with van der Waals surface area (Å²) in [4.78, 5) is 29.2. The zero-order valence-corrected chi connectivity index (χ0v) is 8.50. The van der Waals surface area contributed by atoms with Crippen LogP contribution in [0.3, 0.4) is 0 Å². The third-order valence-electron chi connectivity index (χ3n) is 1.31. The first-order valence-electron chi connectivity index (χ1n) is 3.72. The van der Waals surface area contributed by atoms with E-state index in [0.717, 1.165) is 11.3 Å². The van der Waals surface area contributed by atoms with Gasteiger partial charge in [-0.15, -0.1) is 11.3 Å². The zero-order chi connectivity index (χ0) is 11.3. The van der Waals surface area contributed by atoms with Crippen LogP contribution >= 0.6 is 11.3 Å². The molecule has 79 valence electrons. The van der Waals surface area contributed by atoms with Gasteiger partial charge in [-0.3, -0.25) is 15.3 Å². The second kappa shape index (κ2) is 5.05. The largest absolute Gasteiger partial charge is 0.398 e. The maximum absolute atomic E-state index is 10.8. The van der Waals surface area contributed by atoms with Crippen LogP contribution in [0.25, 0.3) is 0 Å². The first kappa shape index (κ1) is 11.1. The van der Waals surface area contributed by atoms with Gasteiger partial charge in [-0.2, -0.15) is 0 Å². The molecule has 7 nitrogen and oxygen atoms in total. The molecule has 0 aliphatic rings. The quantitative estimate of drug-likeness (QED) is 0.429. The number of amides is 2. The minimum Gasteiger partial charge on any atom is -0.398 e. The van der Waals surface area contributed by atoms with Gasteiger partial charge < -0.3 is 10.2 Å². The Balaban J connectivity index is 2.97. The van der Waals surface area contributed by atoms with Crippen molar-refractivity contribution in [1.82, 2.24) is 10.7 Å². The standard InChI is InChI=1S/C7H7N4O3S/c1-14-11-5(6(8)13)7-10-4(2-15-7)9-3-12/h2-3,8H,1H3,(H,9,12)/b11-5+. The molecule has 8 heteroatoms. The fourth-order valence-electron chi connectivity index (χ4n) is 0.778. The summed E-state index contributed by atoms with van der Waals surface area (Å²) in [5, 5.41) is 7.44. The zero-order valence-electron chi connectivity index (χ0n) is 7.68. The van der Waals surface area contributed by atoms with Gasteiger partial charge in [-0.1, -0.05) is 5.16 Å². The Kier molecular flexibility index (Phi) is 3.75. The number of carbonyl (C=O) groups is 2. The van der Waals surface area contributed by atoms with Crippen molar-refractivity contribution in [1.29, 1.82) is 0 Å². The highest BCUT2D eigenvalue weighted by Gasteiger charge is 2.16. The summed E-state index contributed by atoms with van der Waals surface area (Å²) in [5.41, 5.74) is 6.72. The van der Waals surface area contributed by atoms with Crippen LogP contribution in [0.5, 0.6) is 0 Å². The number of aromatic nitrogens is 1. The second-order valence-electron chi connectivity index (χ2n) is 2.25. The number of hydrogen-bond acceptors (Lipinski definition) is 6. The lowest BCUT2D eigenvalue weighted by molar-refractivity contribution is -0.112. The van der Waals surface area contributed by atoms with Gasteiger partial charge in [0, 0.05) is 5.38 Å². The van der Waals surface area contributed by atoms with Crippen LogP contribution in [0.1, 0.15) is 5.01 Å². The summed E-state index contributed by atoms with van der Waals surface area (Å²) in [7, 11) is 1.27. The Morgan fingerprint density at radius 3 is 3.07 bits per heavy atom. The van der Waals surface area contributed by atoms with Crippen LogP contribution in [0, 0.1) is 0 Å². The fourth-order valence-corrected chi connectivity index (χ4v) is 1.51. The van der Waals surface area contributed by atoms with Crippen molar-refractivity contribution in [2.24, 2.45) is 5.16 Å². The molecule has 0 aromatic carbocycles. The summed E-state index contributed by atoms with van der Waals surface area (Å²) in [6.45, 7) is 0. The number of thiazole rings is 1. The van der Waals surface area contributed by atoms with Crippen LogP contribution in [0.4, 0.5) is 5.82 Å². The van der Waals surface area contributed by atoms with Gasteiger partial charge in [0.25, 0.3) is 5.91 Å². The van der Waals surface area contributed by atoms with E-state index in [1.165, 1.54) is 12.5 Å². The number of anilines is 1. The van der Waals surface area contributed by atoms with Crippen molar-refractivity contribution in [2.75, 3.05) is 12.4 Å². The molecule has 1 aromatic rings. The maximum Gasteiger partial charge on any atom is 0.294 e. The van der Waals surface area contributed by atoms with Crippen molar-refractivity contribution in [3.8, 4) is 0 Å². The molecule has 1 rings (SSSR count). The van der Waals surface area contributed by atoms with Crippen molar-refractivity contribution in [2.45, 2.75) is 0 Å². The first-order valence-corrected chi connectivity index (χ1v) is 4.60. The Bertz CT molecular complexity index is 401. The molecule has 0 aliphatic carbocycles. The highest BCUT2D eigenvalue weighted by Crippen LogP contribution is 2.14. The molecule has 1 radical (unpaired) electrons. The van der Waals surface area contributed by atoms with E-state index in [2.05, 4.69) is 20.3 Å². The Morgan fingerprint density at radius 2 is 2.53 bits per heavy atom. The van der Waals surface area contributed by atoms with Crippen LogP contribution in [0.15, 0.2) is 10.5 Å². The first-order chi connectivity index (χ1) is 7.19. The summed E-state index contributed by atoms with van der Waals surface area (Å²) < 4.78 is 0. The van der Waals surface area contributed by atoms with Gasteiger partial charge >= 0.3 is 0 Å². The monoisotopic (exact) mass is 227 g/mol. The molecule has 1 heterocycles. The Hall–Kier alpha value is -1.96. The van der Waals surface area contributed by atoms with Crippen molar-refractivity contribution in [3.05, 3.63) is 10.4 Å². The summed E-state index contributed by atoms with van der Waals surface area (Å²) in [6, 6.07) is 0. The van der Waals surface area contributed by atoms with E-state index in [1.807, 2.05) is 0 Å².